The van der Waals surface area contributed by atoms with Crippen LogP contribution in [-0.4, -0.2) is 67.6 Å². The van der Waals surface area contributed by atoms with Gasteiger partial charge in [0, 0.05) is 46.1 Å². The molecule has 1 fully saturated rings. The van der Waals surface area contributed by atoms with Crippen molar-refractivity contribution in [1.82, 2.24) is 15.1 Å². The number of benzene rings is 1. The van der Waals surface area contributed by atoms with E-state index in [4.69, 9.17) is 4.74 Å². The third-order valence-electron chi connectivity index (χ3n) is 4.59. The van der Waals surface area contributed by atoms with E-state index in [1.165, 1.54) is 0 Å². The number of carbonyl (C=O) groups excluding carboxylic acids is 2. The van der Waals surface area contributed by atoms with E-state index in [1.807, 2.05) is 37.3 Å². The first-order valence-corrected chi connectivity index (χ1v) is 8.97. The van der Waals surface area contributed by atoms with Crippen LogP contribution < -0.4 is 5.32 Å². The predicted molar refractivity (Wildman–Crippen MR) is 97.1 cm³/mol. The quantitative estimate of drug-likeness (QED) is 0.773. The van der Waals surface area contributed by atoms with Gasteiger partial charge in [-0.3, -0.25) is 14.5 Å². The first-order valence-electron chi connectivity index (χ1n) is 8.97. The van der Waals surface area contributed by atoms with Crippen LogP contribution in [0.3, 0.4) is 0 Å². The normalized spacial score (nSPS) is 16.2. The zero-order valence-electron chi connectivity index (χ0n) is 15.2. The highest BCUT2D eigenvalue weighted by molar-refractivity contribution is 5.78. The standard InChI is InChI=1S/C19H29N3O3/c1-16(18-6-4-3-5-7-18)22(17(2)23)10-8-19(24)20-9-11-21-12-14-25-15-13-21/h3-7,16H,8-15H2,1-2H3,(H,20,24). The van der Waals surface area contributed by atoms with Gasteiger partial charge in [-0.25, -0.2) is 0 Å². The van der Waals surface area contributed by atoms with Crippen LogP contribution in [0.5, 0.6) is 0 Å². The molecule has 0 bridgehead atoms. The molecule has 0 radical (unpaired) electrons. The average molecular weight is 347 g/mol. The third kappa shape index (κ3) is 6.48. The van der Waals surface area contributed by atoms with Crippen LogP contribution in [0.2, 0.25) is 0 Å². The van der Waals surface area contributed by atoms with Crippen LogP contribution in [0.15, 0.2) is 30.3 Å². The minimum absolute atomic E-state index is 0.0141. The Labute approximate surface area is 150 Å². The average Bonchev–Trinajstić information content (AvgIpc) is 2.63. The molecule has 0 aliphatic carbocycles. The van der Waals surface area contributed by atoms with Gasteiger partial charge in [-0.1, -0.05) is 30.3 Å². The molecule has 1 atom stereocenters. The van der Waals surface area contributed by atoms with Crippen LogP contribution >= 0.6 is 0 Å². The van der Waals surface area contributed by atoms with E-state index < -0.39 is 0 Å². The summed E-state index contributed by atoms with van der Waals surface area (Å²) in [6.07, 6.45) is 0.319. The second-order valence-corrected chi connectivity index (χ2v) is 6.35. The topological polar surface area (TPSA) is 61.9 Å². The van der Waals surface area contributed by atoms with E-state index in [1.54, 1.807) is 11.8 Å². The summed E-state index contributed by atoms with van der Waals surface area (Å²) in [5.74, 6) is -0.0303. The minimum Gasteiger partial charge on any atom is -0.379 e. The molecule has 2 rings (SSSR count). The molecule has 1 heterocycles. The maximum Gasteiger partial charge on any atom is 0.221 e. The Morgan fingerprint density at radius 2 is 1.92 bits per heavy atom. The number of amides is 2. The van der Waals surface area contributed by atoms with E-state index in [0.717, 1.165) is 38.4 Å². The largest absolute Gasteiger partial charge is 0.379 e. The van der Waals surface area contributed by atoms with Crippen molar-refractivity contribution in [2.24, 2.45) is 0 Å². The predicted octanol–water partition coefficient (Wildman–Crippen LogP) is 1.43. The Bertz CT molecular complexity index is 544. The van der Waals surface area contributed by atoms with Gasteiger partial charge in [-0.2, -0.15) is 0 Å². The lowest BCUT2D eigenvalue weighted by molar-refractivity contribution is -0.131. The molecule has 1 aromatic carbocycles. The van der Waals surface area contributed by atoms with E-state index in [2.05, 4.69) is 10.2 Å². The van der Waals surface area contributed by atoms with E-state index >= 15 is 0 Å². The lowest BCUT2D eigenvalue weighted by atomic mass is 10.1. The Morgan fingerprint density at radius 3 is 2.56 bits per heavy atom. The zero-order chi connectivity index (χ0) is 18.1. The van der Waals surface area contributed by atoms with Crippen molar-refractivity contribution in [3.8, 4) is 0 Å². The van der Waals surface area contributed by atoms with Crippen molar-refractivity contribution in [1.29, 1.82) is 0 Å². The zero-order valence-corrected chi connectivity index (χ0v) is 15.2. The molecule has 1 saturated heterocycles. The number of nitrogens with one attached hydrogen (secondary N) is 1. The number of carbonyl (C=O) groups is 2. The summed E-state index contributed by atoms with van der Waals surface area (Å²) >= 11 is 0. The number of ether oxygens (including phenoxy) is 1. The number of rotatable bonds is 8. The van der Waals surface area contributed by atoms with E-state index in [9.17, 15) is 9.59 Å². The highest BCUT2D eigenvalue weighted by Gasteiger charge is 2.19. The summed E-state index contributed by atoms with van der Waals surface area (Å²) in [6.45, 7) is 8.81. The van der Waals surface area contributed by atoms with Gasteiger partial charge < -0.3 is 15.0 Å². The molecule has 1 aliphatic rings. The third-order valence-corrected chi connectivity index (χ3v) is 4.59. The maximum atomic E-state index is 12.1. The Morgan fingerprint density at radius 1 is 1.24 bits per heavy atom. The molecule has 0 aromatic heterocycles. The Balaban J connectivity index is 1.74. The summed E-state index contributed by atoms with van der Waals surface area (Å²) in [5, 5.41) is 2.94. The van der Waals surface area contributed by atoms with Crippen LogP contribution in [-0.2, 0) is 14.3 Å². The highest BCUT2D eigenvalue weighted by Crippen LogP contribution is 2.20. The van der Waals surface area contributed by atoms with Crippen molar-refractivity contribution in [2.75, 3.05) is 45.9 Å². The monoisotopic (exact) mass is 347 g/mol. The van der Waals surface area contributed by atoms with Gasteiger partial charge in [0.05, 0.1) is 19.3 Å². The maximum absolute atomic E-state index is 12.1. The molecule has 2 amide bonds. The number of morpholine rings is 1. The molecule has 25 heavy (non-hydrogen) atoms. The molecular formula is C19H29N3O3. The SMILES string of the molecule is CC(=O)N(CCC(=O)NCCN1CCOCC1)C(C)c1ccccc1. The molecule has 6 heteroatoms. The molecular weight excluding hydrogens is 318 g/mol. The van der Waals surface area contributed by atoms with Crippen molar-refractivity contribution in [2.45, 2.75) is 26.3 Å². The fourth-order valence-electron chi connectivity index (χ4n) is 3.02. The molecule has 0 saturated carbocycles. The first-order chi connectivity index (χ1) is 12.1. The van der Waals surface area contributed by atoms with Crippen molar-refractivity contribution in [3.05, 3.63) is 35.9 Å². The van der Waals surface area contributed by atoms with Crippen molar-refractivity contribution >= 4 is 11.8 Å². The summed E-state index contributed by atoms with van der Waals surface area (Å²) in [4.78, 5) is 28.1. The lowest BCUT2D eigenvalue weighted by Gasteiger charge is -2.29. The van der Waals surface area contributed by atoms with Crippen LogP contribution in [0.4, 0.5) is 0 Å². The van der Waals surface area contributed by atoms with E-state index in [-0.39, 0.29) is 17.9 Å². The molecule has 0 spiro atoms. The van der Waals surface area contributed by atoms with Crippen LogP contribution in [0.1, 0.15) is 31.9 Å². The summed E-state index contributed by atoms with van der Waals surface area (Å²) in [6, 6.07) is 9.84. The molecule has 138 valence electrons. The molecule has 6 nitrogen and oxygen atoms in total. The lowest BCUT2D eigenvalue weighted by Crippen LogP contribution is -2.42. The van der Waals surface area contributed by atoms with Gasteiger partial charge in [-0.15, -0.1) is 0 Å². The molecule has 1 N–H and O–H groups in total. The molecule has 1 aromatic rings. The van der Waals surface area contributed by atoms with Gasteiger partial charge in [0.1, 0.15) is 0 Å². The van der Waals surface area contributed by atoms with Crippen molar-refractivity contribution in [3.63, 3.8) is 0 Å². The summed E-state index contributed by atoms with van der Waals surface area (Å²) in [7, 11) is 0. The first kappa shape index (κ1) is 19.4. The fourth-order valence-corrected chi connectivity index (χ4v) is 3.02. The number of hydrogen-bond acceptors (Lipinski definition) is 4. The summed E-state index contributed by atoms with van der Waals surface area (Å²) in [5.41, 5.74) is 1.07. The molecule has 1 aliphatic heterocycles. The van der Waals surface area contributed by atoms with Gasteiger partial charge in [0.15, 0.2) is 0 Å². The van der Waals surface area contributed by atoms with Gasteiger partial charge >= 0.3 is 0 Å². The Hall–Kier alpha value is -1.92. The van der Waals surface area contributed by atoms with Gasteiger partial charge in [-0.05, 0) is 12.5 Å². The fraction of sp³-hybridized carbons (Fsp3) is 0.579. The van der Waals surface area contributed by atoms with E-state index in [0.29, 0.717) is 19.5 Å². The second-order valence-electron chi connectivity index (χ2n) is 6.35. The smallest absolute Gasteiger partial charge is 0.221 e. The second kappa shape index (κ2) is 10.2. The minimum atomic E-state index is -0.0418. The van der Waals surface area contributed by atoms with Crippen LogP contribution in [0, 0.1) is 0 Å². The van der Waals surface area contributed by atoms with Crippen molar-refractivity contribution < 1.29 is 14.3 Å². The highest BCUT2D eigenvalue weighted by atomic mass is 16.5. The van der Waals surface area contributed by atoms with Crippen LogP contribution in [0.25, 0.3) is 0 Å². The number of hydrogen-bond donors (Lipinski definition) is 1. The molecule has 1 unspecified atom stereocenters. The Kier molecular flexibility index (Phi) is 7.88. The van der Waals surface area contributed by atoms with Gasteiger partial charge in [0.2, 0.25) is 11.8 Å². The van der Waals surface area contributed by atoms with Gasteiger partial charge in [0.25, 0.3) is 0 Å². The number of nitrogens with zero attached hydrogens (tertiary/aromatic N) is 2. The summed E-state index contributed by atoms with van der Waals surface area (Å²) < 4.78 is 5.31.